The standard InChI is InChI=1S/C27H43NO5.C27H43NO4/c1-3-4-5-6-7-8-9-11-23-22-24(33-21-18-28-16-19-32-20-17-28)14-15-25(23)26(29)12-10-13-27(30)31-2;1-2-3-4-5-6-7-9-13-23-22-24(32-21-20-28-18-10-8-11-19-28)16-17-25(23)26(29)14-12-15-27(30)31/h9,11,14-15,22,26,29H,3-8,10,12-13,16-21H2,1-2H3;9,13,16-17,22,26,29H,2-8,10-12,14-15,18-21H2,1H3,(H,30,31)/b11-9+;13-9+. The molecule has 2 saturated heterocycles. The van der Waals surface area contributed by atoms with Crippen LogP contribution in [0, 0.1) is 0 Å². The molecule has 3 N–H and O–H groups in total. The summed E-state index contributed by atoms with van der Waals surface area (Å²) in [6.45, 7) is 13.4. The van der Waals surface area contributed by atoms with Crippen molar-refractivity contribution in [3.63, 3.8) is 0 Å². The van der Waals surface area contributed by atoms with E-state index in [4.69, 9.17) is 24.1 Å². The minimum Gasteiger partial charge on any atom is -0.492 e. The zero-order valence-electron chi connectivity index (χ0n) is 40.5. The van der Waals surface area contributed by atoms with Gasteiger partial charge in [-0.25, -0.2) is 0 Å². The van der Waals surface area contributed by atoms with Crippen LogP contribution in [0.5, 0.6) is 11.5 Å². The van der Waals surface area contributed by atoms with Gasteiger partial charge < -0.3 is 34.3 Å². The lowest BCUT2D eigenvalue weighted by atomic mass is 9.97. The molecular formula is C54H86N2O9. The maximum atomic E-state index is 11.4. The van der Waals surface area contributed by atoms with Gasteiger partial charge in [0.05, 0.1) is 32.5 Å². The Morgan fingerprint density at radius 1 is 0.646 bits per heavy atom. The molecule has 366 valence electrons. The van der Waals surface area contributed by atoms with Gasteiger partial charge in [0.25, 0.3) is 0 Å². The lowest BCUT2D eigenvalue weighted by molar-refractivity contribution is -0.141. The zero-order valence-corrected chi connectivity index (χ0v) is 40.5. The van der Waals surface area contributed by atoms with E-state index in [0.717, 1.165) is 99.1 Å². The molecule has 2 aliphatic rings. The monoisotopic (exact) mass is 907 g/mol. The van der Waals surface area contributed by atoms with E-state index in [-0.39, 0.29) is 12.4 Å². The Morgan fingerprint density at radius 2 is 1.12 bits per heavy atom. The average molecular weight is 907 g/mol. The highest BCUT2D eigenvalue weighted by Crippen LogP contribution is 2.30. The van der Waals surface area contributed by atoms with Gasteiger partial charge >= 0.3 is 11.9 Å². The van der Waals surface area contributed by atoms with E-state index in [1.54, 1.807) is 0 Å². The summed E-state index contributed by atoms with van der Waals surface area (Å²) in [6.07, 6.45) is 28.2. The number of hydrogen-bond donors (Lipinski definition) is 3. The second-order valence-electron chi connectivity index (χ2n) is 17.6. The summed E-state index contributed by atoms with van der Waals surface area (Å²) in [5.74, 6) is 0.578. The molecule has 2 unspecified atom stereocenters. The highest BCUT2D eigenvalue weighted by atomic mass is 16.5. The number of nitrogens with zero attached hydrogens (tertiary/aromatic N) is 2. The number of unbranched alkanes of at least 4 members (excludes halogenated alkanes) is 10. The van der Waals surface area contributed by atoms with Crippen molar-refractivity contribution >= 4 is 24.1 Å². The van der Waals surface area contributed by atoms with E-state index < -0.39 is 18.2 Å². The first-order valence-corrected chi connectivity index (χ1v) is 25.3. The van der Waals surface area contributed by atoms with Gasteiger partial charge in [-0.15, -0.1) is 0 Å². The Labute approximate surface area is 392 Å². The van der Waals surface area contributed by atoms with Gasteiger partial charge in [-0.2, -0.15) is 0 Å². The molecule has 2 aliphatic heterocycles. The zero-order chi connectivity index (χ0) is 46.7. The van der Waals surface area contributed by atoms with Crippen LogP contribution in [0.25, 0.3) is 12.2 Å². The van der Waals surface area contributed by atoms with Crippen LogP contribution >= 0.6 is 0 Å². The van der Waals surface area contributed by atoms with Crippen LogP contribution in [0.4, 0.5) is 0 Å². The van der Waals surface area contributed by atoms with Crippen LogP contribution in [-0.4, -0.2) is 110 Å². The number of piperidine rings is 1. The number of carbonyl (C=O) groups excluding carboxylic acids is 1. The molecule has 2 fully saturated rings. The van der Waals surface area contributed by atoms with Crippen molar-refractivity contribution in [3.05, 3.63) is 70.8 Å². The summed E-state index contributed by atoms with van der Waals surface area (Å²) >= 11 is 0. The summed E-state index contributed by atoms with van der Waals surface area (Å²) < 4.78 is 22.2. The number of morpholine rings is 1. The van der Waals surface area contributed by atoms with Crippen LogP contribution in [0.1, 0.15) is 183 Å². The van der Waals surface area contributed by atoms with E-state index in [1.165, 1.54) is 90.6 Å². The van der Waals surface area contributed by atoms with Crippen molar-refractivity contribution in [2.75, 3.05) is 72.8 Å². The number of carboxylic acids is 1. The van der Waals surface area contributed by atoms with E-state index in [9.17, 15) is 19.8 Å². The second-order valence-corrected chi connectivity index (χ2v) is 17.6. The fraction of sp³-hybridized carbons (Fsp3) is 0.667. The number of aliphatic carboxylic acids is 1. The summed E-state index contributed by atoms with van der Waals surface area (Å²) in [4.78, 5) is 27.0. The van der Waals surface area contributed by atoms with Gasteiger partial charge in [0.15, 0.2) is 0 Å². The Bertz CT molecular complexity index is 1620. The van der Waals surface area contributed by atoms with Gasteiger partial charge in [-0.3, -0.25) is 19.4 Å². The van der Waals surface area contributed by atoms with Crippen molar-refractivity contribution < 1.29 is 43.9 Å². The highest BCUT2D eigenvalue weighted by Gasteiger charge is 2.16. The number of likely N-dealkylation sites (tertiary alicyclic amines) is 1. The van der Waals surface area contributed by atoms with Crippen molar-refractivity contribution in [2.24, 2.45) is 0 Å². The third-order valence-electron chi connectivity index (χ3n) is 12.2. The van der Waals surface area contributed by atoms with E-state index in [2.05, 4.69) is 48.0 Å². The Morgan fingerprint density at radius 3 is 1.60 bits per heavy atom. The van der Waals surface area contributed by atoms with Gasteiger partial charge in [-0.1, -0.05) is 108 Å². The minimum atomic E-state index is -0.821. The number of allylic oxidation sites excluding steroid dienone is 2. The summed E-state index contributed by atoms with van der Waals surface area (Å²) in [6, 6.07) is 11.8. The molecule has 0 radical (unpaired) electrons. The predicted molar refractivity (Wildman–Crippen MR) is 264 cm³/mol. The van der Waals surface area contributed by atoms with Crippen LogP contribution in [0.2, 0.25) is 0 Å². The van der Waals surface area contributed by atoms with Crippen molar-refractivity contribution in [1.82, 2.24) is 9.80 Å². The fourth-order valence-electron chi connectivity index (χ4n) is 8.23. The normalized spacial score (nSPS) is 15.7. The first-order valence-electron chi connectivity index (χ1n) is 25.3. The van der Waals surface area contributed by atoms with Crippen LogP contribution in [0.15, 0.2) is 48.6 Å². The van der Waals surface area contributed by atoms with Gasteiger partial charge in [0.2, 0.25) is 0 Å². The molecule has 2 heterocycles. The molecule has 11 heteroatoms. The molecule has 65 heavy (non-hydrogen) atoms. The molecule has 0 amide bonds. The maximum absolute atomic E-state index is 11.4. The molecule has 2 aromatic rings. The van der Waals surface area contributed by atoms with E-state index >= 15 is 0 Å². The molecule has 0 aliphatic carbocycles. The SMILES string of the molecule is CCCCCCC/C=C/c1cc(OCCN2CCCCC2)ccc1C(O)CCCC(=O)O.CCCCCCC/C=C/c1cc(OCCN2CCOCC2)ccc1C(O)CCCC(=O)OC. The maximum Gasteiger partial charge on any atom is 0.305 e. The predicted octanol–water partition coefficient (Wildman–Crippen LogP) is 11.4. The average Bonchev–Trinajstić information content (AvgIpc) is 3.31. The molecule has 11 nitrogen and oxygen atoms in total. The lowest BCUT2D eigenvalue weighted by Gasteiger charge is -2.26. The van der Waals surface area contributed by atoms with E-state index in [1.807, 2.05) is 36.4 Å². The molecule has 0 saturated carbocycles. The quantitative estimate of drug-likeness (QED) is 0.0478. The number of ether oxygens (including phenoxy) is 4. The van der Waals surface area contributed by atoms with Crippen LogP contribution in [-0.2, 0) is 19.1 Å². The first kappa shape index (κ1) is 55.6. The largest absolute Gasteiger partial charge is 0.492 e. The van der Waals surface area contributed by atoms with Crippen molar-refractivity contribution in [3.8, 4) is 11.5 Å². The third-order valence-corrected chi connectivity index (χ3v) is 12.2. The lowest BCUT2D eigenvalue weighted by Crippen LogP contribution is -2.38. The molecule has 0 aromatic heterocycles. The smallest absolute Gasteiger partial charge is 0.305 e. The first-order chi connectivity index (χ1) is 31.7. The van der Waals surface area contributed by atoms with Gasteiger partial charge in [0.1, 0.15) is 24.7 Å². The third kappa shape index (κ3) is 25.1. The number of aliphatic hydroxyl groups excluding tert-OH is 2. The van der Waals surface area contributed by atoms with Gasteiger partial charge in [-0.05, 0) is 124 Å². The van der Waals surface area contributed by atoms with Crippen LogP contribution < -0.4 is 9.47 Å². The topological polar surface area (TPSA) is 138 Å². The fourth-order valence-corrected chi connectivity index (χ4v) is 8.23. The molecule has 4 rings (SSSR count). The number of benzene rings is 2. The number of carboxylic acid groups (broad SMARTS) is 1. The summed E-state index contributed by atoms with van der Waals surface area (Å²) in [5, 5.41) is 30.3. The van der Waals surface area contributed by atoms with Crippen molar-refractivity contribution in [1.29, 1.82) is 0 Å². The molecule has 0 bridgehead atoms. The minimum absolute atomic E-state index is 0.0810. The van der Waals surface area contributed by atoms with Gasteiger partial charge in [0, 0.05) is 39.0 Å². The van der Waals surface area contributed by atoms with Crippen LogP contribution in [0.3, 0.4) is 0 Å². The summed E-state index contributed by atoms with van der Waals surface area (Å²) in [5.41, 5.74) is 3.68. The van der Waals surface area contributed by atoms with E-state index in [0.29, 0.717) is 45.3 Å². The molecule has 0 spiro atoms. The molecule has 2 aromatic carbocycles. The number of methoxy groups -OCH3 is 1. The van der Waals surface area contributed by atoms with Crippen molar-refractivity contribution in [2.45, 2.75) is 161 Å². The number of rotatable bonds is 32. The number of hydrogen-bond acceptors (Lipinski definition) is 10. The second kappa shape index (κ2) is 35.5. The Kier molecular flexibility index (Phi) is 30.3. The highest BCUT2D eigenvalue weighted by molar-refractivity contribution is 5.69. The molecular weight excluding hydrogens is 821 g/mol. The Hall–Kier alpha value is -3.74. The Balaban J connectivity index is 0.000000345. The molecule has 2 atom stereocenters. The number of aliphatic hydroxyl groups is 2. The summed E-state index contributed by atoms with van der Waals surface area (Å²) in [7, 11) is 1.39. The number of carbonyl (C=O) groups is 2. The number of esters is 1.